The zero-order valence-corrected chi connectivity index (χ0v) is 12.6. The second-order valence-electron chi connectivity index (χ2n) is 5.03. The number of hydrogen-bond donors (Lipinski definition) is 1. The van der Waals surface area contributed by atoms with Crippen molar-refractivity contribution in [1.82, 2.24) is 5.32 Å². The standard InChI is InChI=1S/C17H29N/c1-5-9-17(18-12-6-2)16-11-10-14(7-3)15(8-4)13-16/h10-11,13,17-18H,5-9,12H2,1-4H3. The summed E-state index contributed by atoms with van der Waals surface area (Å²) < 4.78 is 0. The van der Waals surface area contributed by atoms with Crippen molar-refractivity contribution in [2.45, 2.75) is 65.8 Å². The monoisotopic (exact) mass is 247 g/mol. The van der Waals surface area contributed by atoms with Gasteiger partial charge in [0.15, 0.2) is 0 Å². The molecule has 0 heterocycles. The Labute approximate surface area is 113 Å². The third-order valence-electron chi connectivity index (χ3n) is 3.61. The van der Waals surface area contributed by atoms with Gasteiger partial charge in [-0.3, -0.25) is 0 Å². The van der Waals surface area contributed by atoms with Gasteiger partial charge in [0.25, 0.3) is 0 Å². The third kappa shape index (κ3) is 4.13. The molecule has 0 aliphatic carbocycles. The maximum absolute atomic E-state index is 3.68. The van der Waals surface area contributed by atoms with E-state index in [1.165, 1.54) is 36.0 Å². The minimum atomic E-state index is 0.533. The smallest absolute Gasteiger partial charge is 0.0320 e. The van der Waals surface area contributed by atoms with Crippen molar-refractivity contribution >= 4 is 0 Å². The molecule has 1 aromatic rings. The van der Waals surface area contributed by atoms with Gasteiger partial charge in [-0.15, -0.1) is 0 Å². The van der Waals surface area contributed by atoms with Crippen LogP contribution in [-0.2, 0) is 12.8 Å². The molecule has 0 radical (unpaired) electrons. The summed E-state index contributed by atoms with van der Waals surface area (Å²) >= 11 is 0. The van der Waals surface area contributed by atoms with Crippen molar-refractivity contribution in [1.29, 1.82) is 0 Å². The topological polar surface area (TPSA) is 12.0 Å². The molecule has 0 aliphatic rings. The van der Waals surface area contributed by atoms with Gasteiger partial charge in [-0.1, -0.05) is 52.3 Å². The minimum absolute atomic E-state index is 0.533. The van der Waals surface area contributed by atoms with Crippen LogP contribution in [0.4, 0.5) is 0 Å². The van der Waals surface area contributed by atoms with Crippen LogP contribution in [0.15, 0.2) is 18.2 Å². The van der Waals surface area contributed by atoms with Crippen molar-refractivity contribution in [2.75, 3.05) is 6.54 Å². The minimum Gasteiger partial charge on any atom is -0.310 e. The van der Waals surface area contributed by atoms with Crippen LogP contribution in [0.1, 0.15) is 69.7 Å². The third-order valence-corrected chi connectivity index (χ3v) is 3.61. The highest BCUT2D eigenvalue weighted by Crippen LogP contribution is 2.22. The Hall–Kier alpha value is -0.820. The van der Waals surface area contributed by atoms with E-state index in [4.69, 9.17) is 0 Å². The number of benzene rings is 1. The number of rotatable bonds is 8. The lowest BCUT2D eigenvalue weighted by Gasteiger charge is -2.20. The molecule has 1 unspecified atom stereocenters. The summed E-state index contributed by atoms with van der Waals surface area (Å²) in [6.07, 6.45) is 5.95. The molecule has 18 heavy (non-hydrogen) atoms. The molecule has 0 saturated heterocycles. The highest BCUT2D eigenvalue weighted by Gasteiger charge is 2.11. The first-order chi connectivity index (χ1) is 8.76. The Morgan fingerprint density at radius 3 is 2.22 bits per heavy atom. The molecule has 1 N–H and O–H groups in total. The van der Waals surface area contributed by atoms with Gasteiger partial charge in [0.2, 0.25) is 0 Å². The highest BCUT2D eigenvalue weighted by atomic mass is 14.9. The number of aryl methyl sites for hydroxylation is 2. The SMILES string of the molecule is CCCNC(CCC)c1ccc(CC)c(CC)c1. The highest BCUT2D eigenvalue weighted by molar-refractivity contribution is 5.33. The van der Waals surface area contributed by atoms with Gasteiger partial charge in [-0.05, 0) is 48.9 Å². The van der Waals surface area contributed by atoms with Crippen molar-refractivity contribution < 1.29 is 0 Å². The molecule has 0 aliphatic heterocycles. The summed E-state index contributed by atoms with van der Waals surface area (Å²) in [4.78, 5) is 0. The zero-order valence-electron chi connectivity index (χ0n) is 12.6. The molecule has 1 atom stereocenters. The molecule has 0 aromatic heterocycles. The number of hydrogen-bond acceptors (Lipinski definition) is 1. The average molecular weight is 247 g/mol. The average Bonchev–Trinajstić information content (AvgIpc) is 2.42. The summed E-state index contributed by atoms with van der Waals surface area (Å²) in [6, 6.07) is 7.60. The van der Waals surface area contributed by atoms with Gasteiger partial charge in [-0.25, -0.2) is 0 Å². The van der Waals surface area contributed by atoms with Gasteiger partial charge < -0.3 is 5.32 Å². The summed E-state index contributed by atoms with van der Waals surface area (Å²) in [5.74, 6) is 0. The van der Waals surface area contributed by atoms with E-state index >= 15 is 0 Å². The van der Waals surface area contributed by atoms with Crippen LogP contribution in [0, 0.1) is 0 Å². The lowest BCUT2D eigenvalue weighted by atomic mass is 9.95. The molecule has 1 nitrogen and oxygen atoms in total. The summed E-state index contributed by atoms with van der Waals surface area (Å²) in [5.41, 5.74) is 4.50. The fourth-order valence-corrected chi connectivity index (χ4v) is 2.53. The van der Waals surface area contributed by atoms with E-state index in [0.29, 0.717) is 6.04 Å². The molecular formula is C17H29N. The lowest BCUT2D eigenvalue weighted by Crippen LogP contribution is -2.22. The zero-order chi connectivity index (χ0) is 13.4. The molecular weight excluding hydrogens is 218 g/mol. The Morgan fingerprint density at radius 2 is 1.67 bits per heavy atom. The molecule has 0 bridgehead atoms. The molecule has 1 rings (SSSR count). The lowest BCUT2D eigenvalue weighted by molar-refractivity contribution is 0.493. The van der Waals surface area contributed by atoms with Gasteiger partial charge in [0, 0.05) is 6.04 Å². The van der Waals surface area contributed by atoms with E-state index < -0.39 is 0 Å². The van der Waals surface area contributed by atoms with Crippen molar-refractivity contribution in [3.8, 4) is 0 Å². The predicted molar refractivity (Wildman–Crippen MR) is 81.1 cm³/mol. The van der Waals surface area contributed by atoms with Crippen LogP contribution < -0.4 is 5.32 Å². The van der Waals surface area contributed by atoms with Crippen LogP contribution in [0.3, 0.4) is 0 Å². The number of nitrogens with one attached hydrogen (secondary N) is 1. The molecule has 0 fully saturated rings. The van der Waals surface area contributed by atoms with Crippen LogP contribution in [0.25, 0.3) is 0 Å². The Kier molecular flexibility index (Phi) is 7.04. The molecule has 0 saturated carbocycles. The van der Waals surface area contributed by atoms with E-state index in [2.05, 4.69) is 51.2 Å². The summed E-state index contributed by atoms with van der Waals surface area (Å²) in [5, 5.41) is 3.68. The van der Waals surface area contributed by atoms with Crippen LogP contribution in [-0.4, -0.2) is 6.54 Å². The quantitative estimate of drug-likeness (QED) is 0.705. The fourth-order valence-electron chi connectivity index (χ4n) is 2.53. The second kappa shape index (κ2) is 8.31. The first kappa shape index (κ1) is 15.2. The van der Waals surface area contributed by atoms with Gasteiger partial charge in [0.1, 0.15) is 0 Å². The van der Waals surface area contributed by atoms with Crippen LogP contribution in [0.5, 0.6) is 0 Å². The van der Waals surface area contributed by atoms with E-state index in [1.807, 2.05) is 0 Å². The van der Waals surface area contributed by atoms with E-state index in [9.17, 15) is 0 Å². The second-order valence-corrected chi connectivity index (χ2v) is 5.03. The largest absolute Gasteiger partial charge is 0.310 e. The first-order valence-corrected chi connectivity index (χ1v) is 7.61. The fraction of sp³-hybridized carbons (Fsp3) is 0.647. The van der Waals surface area contributed by atoms with Gasteiger partial charge in [-0.2, -0.15) is 0 Å². The van der Waals surface area contributed by atoms with Gasteiger partial charge in [0.05, 0.1) is 0 Å². The van der Waals surface area contributed by atoms with Crippen molar-refractivity contribution in [3.63, 3.8) is 0 Å². The first-order valence-electron chi connectivity index (χ1n) is 7.61. The summed E-state index contributed by atoms with van der Waals surface area (Å²) in [6.45, 7) is 10.1. The molecule has 102 valence electrons. The van der Waals surface area contributed by atoms with E-state index in [1.54, 1.807) is 0 Å². The normalized spacial score (nSPS) is 12.7. The van der Waals surface area contributed by atoms with E-state index in [0.717, 1.165) is 19.4 Å². The van der Waals surface area contributed by atoms with Crippen molar-refractivity contribution in [2.24, 2.45) is 0 Å². The molecule has 0 amide bonds. The van der Waals surface area contributed by atoms with Crippen molar-refractivity contribution in [3.05, 3.63) is 34.9 Å². The summed E-state index contributed by atoms with van der Waals surface area (Å²) in [7, 11) is 0. The molecule has 1 aromatic carbocycles. The van der Waals surface area contributed by atoms with E-state index in [-0.39, 0.29) is 0 Å². The molecule has 1 heteroatoms. The Bertz CT molecular complexity index is 343. The van der Waals surface area contributed by atoms with Gasteiger partial charge >= 0.3 is 0 Å². The molecule has 0 spiro atoms. The Morgan fingerprint density at radius 1 is 0.944 bits per heavy atom. The maximum Gasteiger partial charge on any atom is 0.0320 e. The Balaban J connectivity index is 2.89. The van der Waals surface area contributed by atoms with Crippen LogP contribution >= 0.6 is 0 Å². The maximum atomic E-state index is 3.68. The predicted octanol–water partition coefficient (Wildman–Crippen LogP) is 4.65. The van der Waals surface area contributed by atoms with Crippen LogP contribution in [0.2, 0.25) is 0 Å².